The van der Waals surface area contributed by atoms with Gasteiger partial charge in [0.05, 0.1) is 25.6 Å². The fourth-order valence-corrected chi connectivity index (χ4v) is 2.12. The van der Waals surface area contributed by atoms with Gasteiger partial charge in [0, 0.05) is 5.02 Å². The predicted octanol–water partition coefficient (Wildman–Crippen LogP) is 4.50. The highest BCUT2D eigenvalue weighted by Crippen LogP contribution is 2.27. The van der Waals surface area contributed by atoms with Crippen molar-refractivity contribution in [1.82, 2.24) is 0 Å². The Morgan fingerprint density at radius 3 is 2.77 bits per heavy atom. The van der Waals surface area contributed by atoms with Crippen LogP contribution in [0.5, 0.6) is 11.5 Å². The van der Waals surface area contributed by atoms with Crippen molar-refractivity contribution in [1.29, 1.82) is 0 Å². The van der Waals surface area contributed by atoms with E-state index in [0.29, 0.717) is 17.4 Å². The first kappa shape index (κ1) is 16.2. The molecular formula is C17H19ClN2O2. The molecule has 0 amide bonds. The summed E-state index contributed by atoms with van der Waals surface area (Å²) in [6.45, 7) is 4.48. The van der Waals surface area contributed by atoms with Gasteiger partial charge in [-0.15, -0.1) is 0 Å². The minimum absolute atomic E-state index is 0.597. The zero-order chi connectivity index (χ0) is 15.9. The lowest BCUT2D eigenvalue weighted by molar-refractivity contribution is 0.311. The largest absolute Gasteiger partial charge is 0.493 e. The van der Waals surface area contributed by atoms with Crippen molar-refractivity contribution < 1.29 is 9.47 Å². The molecule has 2 rings (SSSR count). The molecule has 1 N–H and O–H groups in total. The van der Waals surface area contributed by atoms with Crippen molar-refractivity contribution in [2.45, 2.75) is 13.8 Å². The van der Waals surface area contributed by atoms with Crippen molar-refractivity contribution in [3.05, 3.63) is 52.5 Å². The van der Waals surface area contributed by atoms with Gasteiger partial charge in [0.1, 0.15) is 0 Å². The van der Waals surface area contributed by atoms with E-state index in [1.54, 1.807) is 13.3 Å². The second kappa shape index (κ2) is 7.71. The minimum atomic E-state index is 0.597. The number of ether oxygens (including phenoxy) is 2. The minimum Gasteiger partial charge on any atom is -0.493 e. The van der Waals surface area contributed by atoms with Crippen molar-refractivity contribution in [3.63, 3.8) is 0 Å². The van der Waals surface area contributed by atoms with Crippen LogP contribution in [0.25, 0.3) is 0 Å². The van der Waals surface area contributed by atoms with Gasteiger partial charge in [0.15, 0.2) is 11.5 Å². The summed E-state index contributed by atoms with van der Waals surface area (Å²) < 4.78 is 10.8. The molecule has 0 aliphatic rings. The lowest BCUT2D eigenvalue weighted by atomic mass is 10.2. The molecule has 0 aliphatic heterocycles. The maximum Gasteiger partial charge on any atom is 0.161 e. The number of nitrogens with zero attached hydrogens (tertiary/aromatic N) is 1. The van der Waals surface area contributed by atoms with Crippen LogP contribution in [-0.2, 0) is 0 Å². The third kappa shape index (κ3) is 3.92. The summed E-state index contributed by atoms with van der Waals surface area (Å²) in [7, 11) is 1.62. The summed E-state index contributed by atoms with van der Waals surface area (Å²) in [6.07, 6.45) is 1.72. The molecule has 116 valence electrons. The fourth-order valence-electron chi connectivity index (χ4n) is 1.94. The molecule has 0 fully saturated rings. The number of anilines is 1. The van der Waals surface area contributed by atoms with Crippen LogP contribution < -0.4 is 14.9 Å². The summed E-state index contributed by atoms with van der Waals surface area (Å²) in [6, 6.07) is 11.3. The average Bonchev–Trinajstić information content (AvgIpc) is 2.53. The standard InChI is InChI=1S/C17H19ClN2O2/c1-4-22-16-9-8-13(10-17(16)21-3)11-19-20-15-7-5-6-14(18)12(15)2/h5-11,20H,4H2,1-3H3. The molecule has 0 aromatic heterocycles. The Morgan fingerprint density at radius 1 is 1.23 bits per heavy atom. The van der Waals surface area contributed by atoms with Crippen LogP contribution >= 0.6 is 11.6 Å². The molecular weight excluding hydrogens is 300 g/mol. The Hall–Kier alpha value is -2.20. The highest BCUT2D eigenvalue weighted by molar-refractivity contribution is 6.31. The molecule has 0 saturated carbocycles. The molecule has 2 aromatic carbocycles. The van der Waals surface area contributed by atoms with E-state index in [0.717, 1.165) is 22.6 Å². The summed E-state index contributed by atoms with van der Waals surface area (Å²) in [5, 5.41) is 4.95. The Labute approximate surface area is 135 Å². The lowest BCUT2D eigenvalue weighted by Crippen LogP contribution is -1.97. The highest BCUT2D eigenvalue weighted by Gasteiger charge is 2.04. The Bertz CT molecular complexity index is 672. The fraction of sp³-hybridized carbons (Fsp3) is 0.235. The van der Waals surface area contributed by atoms with Gasteiger partial charge in [-0.05, 0) is 55.3 Å². The normalized spacial score (nSPS) is 10.7. The quantitative estimate of drug-likeness (QED) is 0.630. The van der Waals surface area contributed by atoms with Crippen molar-refractivity contribution in [2.75, 3.05) is 19.1 Å². The number of nitrogens with one attached hydrogen (secondary N) is 1. The number of benzene rings is 2. The molecule has 5 heteroatoms. The van der Waals surface area contributed by atoms with Gasteiger partial charge < -0.3 is 9.47 Å². The predicted molar refractivity (Wildman–Crippen MR) is 91.6 cm³/mol. The first-order chi connectivity index (χ1) is 10.7. The first-order valence-electron chi connectivity index (χ1n) is 7.00. The van der Waals surface area contributed by atoms with Gasteiger partial charge in [0.2, 0.25) is 0 Å². The van der Waals surface area contributed by atoms with Gasteiger partial charge >= 0.3 is 0 Å². The van der Waals surface area contributed by atoms with Gasteiger partial charge in [-0.3, -0.25) is 5.43 Å². The van der Waals surface area contributed by atoms with Crippen LogP contribution in [-0.4, -0.2) is 19.9 Å². The molecule has 22 heavy (non-hydrogen) atoms. The molecule has 0 radical (unpaired) electrons. The average molecular weight is 319 g/mol. The van der Waals surface area contributed by atoms with Crippen LogP contribution in [0.1, 0.15) is 18.1 Å². The summed E-state index contributed by atoms with van der Waals surface area (Å²) in [5.41, 5.74) is 5.74. The number of hydrazone groups is 1. The highest BCUT2D eigenvalue weighted by atomic mass is 35.5. The maximum atomic E-state index is 6.07. The van der Waals surface area contributed by atoms with Crippen LogP contribution in [0.2, 0.25) is 5.02 Å². The van der Waals surface area contributed by atoms with E-state index < -0.39 is 0 Å². The Kier molecular flexibility index (Phi) is 5.67. The van der Waals surface area contributed by atoms with E-state index in [4.69, 9.17) is 21.1 Å². The molecule has 2 aromatic rings. The van der Waals surface area contributed by atoms with Gasteiger partial charge in [0.25, 0.3) is 0 Å². The molecule has 0 aliphatic carbocycles. The lowest BCUT2D eigenvalue weighted by Gasteiger charge is -2.09. The molecule has 0 saturated heterocycles. The molecule has 0 atom stereocenters. The molecule has 4 nitrogen and oxygen atoms in total. The second-order valence-electron chi connectivity index (χ2n) is 4.63. The first-order valence-corrected chi connectivity index (χ1v) is 7.38. The third-order valence-electron chi connectivity index (χ3n) is 3.15. The molecule has 0 spiro atoms. The number of hydrogen-bond acceptors (Lipinski definition) is 4. The number of hydrogen-bond donors (Lipinski definition) is 1. The summed E-state index contributed by atoms with van der Waals surface area (Å²) in [5.74, 6) is 1.41. The third-order valence-corrected chi connectivity index (χ3v) is 3.56. The summed E-state index contributed by atoms with van der Waals surface area (Å²) >= 11 is 6.07. The molecule has 0 unspecified atom stereocenters. The van der Waals surface area contributed by atoms with Crippen LogP contribution in [0, 0.1) is 6.92 Å². The van der Waals surface area contributed by atoms with Crippen LogP contribution in [0.15, 0.2) is 41.5 Å². The van der Waals surface area contributed by atoms with E-state index >= 15 is 0 Å². The SMILES string of the molecule is CCOc1ccc(C=NNc2cccc(Cl)c2C)cc1OC. The maximum absolute atomic E-state index is 6.07. The van der Waals surface area contributed by atoms with E-state index in [1.807, 2.05) is 50.2 Å². The van der Waals surface area contributed by atoms with Crippen LogP contribution in [0.3, 0.4) is 0 Å². The summed E-state index contributed by atoms with van der Waals surface area (Å²) in [4.78, 5) is 0. The topological polar surface area (TPSA) is 42.8 Å². The number of rotatable bonds is 6. The van der Waals surface area contributed by atoms with E-state index in [9.17, 15) is 0 Å². The van der Waals surface area contributed by atoms with Gasteiger partial charge in [-0.2, -0.15) is 5.10 Å². The van der Waals surface area contributed by atoms with Gasteiger partial charge in [-0.1, -0.05) is 17.7 Å². The molecule has 0 heterocycles. The second-order valence-corrected chi connectivity index (χ2v) is 5.03. The molecule has 0 bridgehead atoms. The van der Waals surface area contributed by atoms with E-state index in [-0.39, 0.29) is 0 Å². The Balaban J connectivity index is 2.11. The van der Waals surface area contributed by atoms with Crippen molar-refractivity contribution in [3.8, 4) is 11.5 Å². The number of halogens is 1. The van der Waals surface area contributed by atoms with Crippen LogP contribution in [0.4, 0.5) is 5.69 Å². The van der Waals surface area contributed by atoms with E-state index in [1.165, 1.54) is 0 Å². The smallest absolute Gasteiger partial charge is 0.161 e. The van der Waals surface area contributed by atoms with Gasteiger partial charge in [-0.25, -0.2) is 0 Å². The zero-order valence-corrected chi connectivity index (χ0v) is 13.6. The van der Waals surface area contributed by atoms with E-state index in [2.05, 4.69) is 10.5 Å². The van der Waals surface area contributed by atoms with Crippen molar-refractivity contribution >= 4 is 23.5 Å². The van der Waals surface area contributed by atoms with Crippen molar-refractivity contribution in [2.24, 2.45) is 5.10 Å². The number of methoxy groups -OCH3 is 1. The zero-order valence-electron chi connectivity index (χ0n) is 12.9. The Morgan fingerprint density at radius 2 is 2.05 bits per heavy atom. The monoisotopic (exact) mass is 318 g/mol.